The highest BCUT2D eigenvalue weighted by Gasteiger charge is 2.20. The van der Waals surface area contributed by atoms with Gasteiger partial charge in [-0.25, -0.2) is 4.98 Å². The van der Waals surface area contributed by atoms with E-state index in [9.17, 15) is 0 Å². The van der Waals surface area contributed by atoms with Crippen LogP contribution in [0.1, 0.15) is 19.3 Å². The van der Waals surface area contributed by atoms with Gasteiger partial charge in [-0.1, -0.05) is 6.42 Å². The summed E-state index contributed by atoms with van der Waals surface area (Å²) in [6, 6.07) is 1.90. The van der Waals surface area contributed by atoms with Gasteiger partial charge in [0.05, 0.1) is 5.69 Å². The number of nitrogens with zero attached hydrogens (tertiary/aromatic N) is 2. The molecule has 0 aliphatic heterocycles. The number of pyridine rings is 1. The monoisotopic (exact) mass is 269 g/mol. The van der Waals surface area contributed by atoms with Crippen LogP contribution in [0.3, 0.4) is 0 Å². The Labute approximate surface area is 98.8 Å². The van der Waals surface area contributed by atoms with Crippen molar-refractivity contribution in [3.63, 3.8) is 0 Å². The quantitative estimate of drug-likeness (QED) is 0.918. The van der Waals surface area contributed by atoms with E-state index in [0.717, 1.165) is 28.4 Å². The van der Waals surface area contributed by atoms with Gasteiger partial charge in [0.1, 0.15) is 0 Å². The first kappa shape index (κ1) is 10.7. The standard InChI is InChI=1S/C11H16BrN3/c1-15(7-8-3-2-4-8)11-10(13)5-9(12)6-14-11/h5-6,8H,2-4,7,13H2,1H3. The van der Waals surface area contributed by atoms with Crippen LogP contribution in [0.4, 0.5) is 11.5 Å². The summed E-state index contributed by atoms with van der Waals surface area (Å²) in [6.07, 6.45) is 5.87. The number of aromatic nitrogens is 1. The number of nitrogen functional groups attached to an aromatic ring is 1. The Balaban J connectivity index is 2.06. The highest BCUT2D eigenvalue weighted by molar-refractivity contribution is 9.10. The van der Waals surface area contributed by atoms with E-state index in [1.54, 1.807) is 6.20 Å². The van der Waals surface area contributed by atoms with E-state index in [1.165, 1.54) is 19.3 Å². The number of anilines is 2. The van der Waals surface area contributed by atoms with Crippen LogP contribution in [0.15, 0.2) is 16.7 Å². The first-order chi connectivity index (χ1) is 7.16. The van der Waals surface area contributed by atoms with Crippen LogP contribution in [0, 0.1) is 5.92 Å². The highest BCUT2D eigenvalue weighted by atomic mass is 79.9. The second kappa shape index (κ2) is 4.39. The van der Waals surface area contributed by atoms with Crippen molar-refractivity contribution >= 4 is 27.4 Å². The fourth-order valence-corrected chi connectivity index (χ4v) is 2.26. The van der Waals surface area contributed by atoms with Crippen molar-refractivity contribution in [2.75, 3.05) is 24.2 Å². The number of hydrogen-bond donors (Lipinski definition) is 1. The lowest BCUT2D eigenvalue weighted by atomic mass is 9.85. The second-order valence-corrected chi connectivity index (χ2v) is 5.16. The molecule has 1 heterocycles. The van der Waals surface area contributed by atoms with Crippen molar-refractivity contribution < 1.29 is 0 Å². The van der Waals surface area contributed by atoms with Gasteiger partial charge >= 0.3 is 0 Å². The van der Waals surface area contributed by atoms with Crippen molar-refractivity contribution in [1.29, 1.82) is 0 Å². The van der Waals surface area contributed by atoms with Crippen LogP contribution in [-0.2, 0) is 0 Å². The molecule has 2 rings (SSSR count). The fourth-order valence-electron chi connectivity index (χ4n) is 1.92. The molecule has 3 nitrogen and oxygen atoms in total. The molecule has 1 aliphatic rings. The smallest absolute Gasteiger partial charge is 0.151 e. The average molecular weight is 270 g/mol. The van der Waals surface area contributed by atoms with Gasteiger partial charge in [-0.2, -0.15) is 0 Å². The molecular formula is C11H16BrN3. The maximum absolute atomic E-state index is 5.92. The molecule has 0 unspecified atom stereocenters. The van der Waals surface area contributed by atoms with Gasteiger partial charge < -0.3 is 10.6 Å². The predicted octanol–water partition coefficient (Wildman–Crippen LogP) is 2.66. The van der Waals surface area contributed by atoms with Gasteiger partial charge in [0.25, 0.3) is 0 Å². The van der Waals surface area contributed by atoms with E-state index in [4.69, 9.17) is 5.73 Å². The molecule has 0 spiro atoms. The lowest BCUT2D eigenvalue weighted by Crippen LogP contribution is -2.30. The summed E-state index contributed by atoms with van der Waals surface area (Å²) in [4.78, 5) is 6.50. The minimum absolute atomic E-state index is 0.742. The van der Waals surface area contributed by atoms with E-state index in [2.05, 4.69) is 32.9 Å². The van der Waals surface area contributed by atoms with Crippen LogP contribution in [0.5, 0.6) is 0 Å². The summed E-state index contributed by atoms with van der Waals surface area (Å²) in [5.41, 5.74) is 6.67. The fraction of sp³-hybridized carbons (Fsp3) is 0.545. The second-order valence-electron chi connectivity index (χ2n) is 4.24. The minimum atomic E-state index is 0.742. The first-order valence-corrected chi connectivity index (χ1v) is 6.08. The molecule has 0 aromatic carbocycles. The third-order valence-corrected chi connectivity index (χ3v) is 3.41. The Morgan fingerprint density at radius 2 is 2.33 bits per heavy atom. The summed E-state index contributed by atoms with van der Waals surface area (Å²) in [5.74, 6) is 1.73. The van der Waals surface area contributed by atoms with E-state index in [0.29, 0.717) is 0 Å². The highest BCUT2D eigenvalue weighted by Crippen LogP contribution is 2.29. The van der Waals surface area contributed by atoms with Crippen LogP contribution in [0.25, 0.3) is 0 Å². The first-order valence-electron chi connectivity index (χ1n) is 5.29. The predicted molar refractivity (Wildman–Crippen MR) is 67.0 cm³/mol. The average Bonchev–Trinajstić information content (AvgIpc) is 2.11. The van der Waals surface area contributed by atoms with E-state index in [1.807, 2.05) is 6.07 Å². The molecule has 0 bridgehead atoms. The Kier molecular flexibility index (Phi) is 3.14. The molecule has 1 saturated carbocycles. The molecule has 4 heteroatoms. The molecule has 0 saturated heterocycles. The van der Waals surface area contributed by atoms with Crippen LogP contribution in [-0.4, -0.2) is 18.6 Å². The maximum Gasteiger partial charge on any atom is 0.151 e. The molecule has 1 aromatic heterocycles. The topological polar surface area (TPSA) is 42.2 Å². The van der Waals surface area contributed by atoms with Gasteiger partial charge in [0.2, 0.25) is 0 Å². The lowest BCUT2D eigenvalue weighted by molar-refractivity contribution is 0.321. The third kappa shape index (κ3) is 2.43. The van der Waals surface area contributed by atoms with Gasteiger partial charge in [-0.15, -0.1) is 0 Å². The molecule has 1 aromatic rings. The zero-order valence-corrected chi connectivity index (χ0v) is 10.5. The number of hydrogen-bond acceptors (Lipinski definition) is 3. The van der Waals surface area contributed by atoms with Gasteiger partial charge in [-0.05, 0) is 40.8 Å². The van der Waals surface area contributed by atoms with Crippen molar-refractivity contribution in [3.8, 4) is 0 Å². The van der Waals surface area contributed by atoms with Crippen molar-refractivity contribution in [1.82, 2.24) is 4.98 Å². The summed E-state index contributed by atoms with van der Waals surface area (Å²) >= 11 is 3.36. The van der Waals surface area contributed by atoms with E-state index < -0.39 is 0 Å². The van der Waals surface area contributed by atoms with Crippen LogP contribution >= 0.6 is 15.9 Å². The summed E-state index contributed by atoms with van der Waals surface area (Å²) < 4.78 is 0.931. The Bertz CT molecular complexity index is 350. The molecule has 15 heavy (non-hydrogen) atoms. The Morgan fingerprint density at radius 1 is 1.60 bits per heavy atom. The molecule has 1 fully saturated rings. The number of nitrogens with two attached hydrogens (primary N) is 1. The number of halogens is 1. The lowest BCUT2D eigenvalue weighted by Gasteiger charge is -2.31. The summed E-state index contributed by atoms with van der Waals surface area (Å²) in [7, 11) is 2.06. The van der Waals surface area contributed by atoms with Crippen molar-refractivity contribution in [2.24, 2.45) is 5.92 Å². The molecule has 1 aliphatic carbocycles. The molecule has 0 amide bonds. The summed E-state index contributed by atoms with van der Waals surface area (Å²) in [5, 5.41) is 0. The number of rotatable bonds is 3. The maximum atomic E-state index is 5.92. The van der Waals surface area contributed by atoms with Gasteiger partial charge in [0, 0.05) is 24.3 Å². The Morgan fingerprint density at radius 3 is 2.87 bits per heavy atom. The van der Waals surface area contributed by atoms with Gasteiger partial charge in [-0.3, -0.25) is 0 Å². The minimum Gasteiger partial charge on any atom is -0.396 e. The summed E-state index contributed by atoms with van der Waals surface area (Å²) in [6.45, 7) is 1.07. The zero-order chi connectivity index (χ0) is 10.8. The molecular weight excluding hydrogens is 254 g/mol. The molecule has 0 radical (unpaired) electrons. The zero-order valence-electron chi connectivity index (χ0n) is 8.91. The van der Waals surface area contributed by atoms with E-state index >= 15 is 0 Å². The Hall–Kier alpha value is -0.770. The molecule has 82 valence electrons. The molecule has 2 N–H and O–H groups in total. The third-order valence-electron chi connectivity index (χ3n) is 2.98. The van der Waals surface area contributed by atoms with Crippen LogP contribution in [0.2, 0.25) is 0 Å². The van der Waals surface area contributed by atoms with Crippen molar-refractivity contribution in [2.45, 2.75) is 19.3 Å². The normalized spacial score (nSPS) is 16.1. The molecule has 0 atom stereocenters. The largest absolute Gasteiger partial charge is 0.396 e. The van der Waals surface area contributed by atoms with Crippen LogP contribution < -0.4 is 10.6 Å². The van der Waals surface area contributed by atoms with Crippen molar-refractivity contribution in [3.05, 3.63) is 16.7 Å². The van der Waals surface area contributed by atoms with Gasteiger partial charge in [0.15, 0.2) is 5.82 Å². The van der Waals surface area contributed by atoms with E-state index in [-0.39, 0.29) is 0 Å². The SMILES string of the molecule is CN(CC1CCC1)c1ncc(Br)cc1N.